The first kappa shape index (κ1) is 22.9. The van der Waals surface area contributed by atoms with Crippen molar-refractivity contribution in [3.8, 4) is 0 Å². The van der Waals surface area contributed by atoms with E-state index in [1.54, 1.807) is 30.0 Å². The Labute approximate surface area is 191 Å². The van der Waals surface area contributed by atoms with E-state index < -0.39 is 10.0 Å². The van der Waals surface area contributed by atoms with Gasteiger partial charge in [0.15, 0.2) is 5.78 Å². The second-order valence-corrected chi connectivity index (χ2v) is 11.2. The highest BCUT2D eigenvalue weighted by Crippen LogP contribution is 2.37. The van der Waals surface area contributed by atoms with Crippen LogP contribution in [0.15, 0.2) is 52.3 Å². The highest BCUT2D eigenvalue weighted by Gasteiger charge is 2.33. The van der Waals surface area contributed by atoms with Crippen LogP contribution in [0.2, 0.25) is 0 Å². The smallest absolute Gasteiger partial charge is 0.243 e. The summed E-state index contributed by atoms with van der Waals surface area (Å²) in [5.41, 5.74) is 1.16. The fourth-order valence-electron chi connectivity index (χ4n) is 4.19. The van der Waals surface area contributed by atoms with Gasteiger partial charge in [0.05, 0.1) is 10.9 Å². The van der Waals surface area contributed by atoms with E-state index in [9.17, 15) is 22.4 Å². The molecule has 2 heterocycles. The topological polar surface area (TPSA) is 83.6 Å². The fraction of sp³-hybridized carbons (Fsp3) is 0.391. The maximum absolute atomic E-state index is 13.7. The number of benzene rings is 2. The number of ketones is 1. The highest BCUT2D eigenvalue weighted by atomic mass is 32.2. The van der Waals surface area contributed by atoms with Gasteiger partial charge in [-0.05, 0) is 62.1 Å². The van der Waals surface area contributed by atoms with Crippen molar-refractivity contribution in [3.05, 3.63) is 59.4 Å². The number of hydrogen-bond donors (Lipinski definition) is 1. The molecule has 1 atom stereocenters. The summed E-state index contributed by atoms with van der Waals surface area (Å²) in [6.07, 6.45) is 1.55. The summed E-state index contributed by atoms with van der Waals surface area (Å²) in [7, 11) is -3.73. The number of amides is 1. The Kier molecular flexibility index (Phi) is 6.69. The van der Waals surface area contributed by atoms with Crippen molar-refractivity contribution in [2.45, 2.75) is 42.0 Å². The maximum Gasteiger partial charge on any atom is 0.243 e. The summed E-state index contributed by atoms with van der Waals surface area (Å²) >= 11 is 1.66. The summed E-state index contributed by atoms with van der Waals surface area (Å²) in [5, 5.41) is 3.05. The summed E-state index contributed by atoms with van der Waals surface area (Å²) in [4.78, 5) is 25.6. The molecule has 0 radical (unpaired) electrons. The summed E-state index contributed by atoms with van der Waals surface area (Å²) in [6, 6.07) is 10.5. The van der Waals surface area contributed by atoms with Gasteiger partial charge in [0.2, 0.25) is 15.9 Å². The maximum atomic E-state index is 13.7. The molecule has 1 amide bonds. The SMILES string of the molecule is CC(=O)c1cccc(S(=O)(=O)N2CCC(C(=O)N[C@@H]3CCSc4ccc(F)cc43)CC2)c1. The van der Waals surface area contributed by atoms with E-state index in [0.29, 0.717) is 18.4 Å². The molecule has 2 aromatic rings. The number of hydrogen-bond acceptors (Lipinski definition) is 5. The van der Waals surface area contributed by atoms with Gasteiger partial charge in [-0.25, -0.2) is 12.8 Å². The number of piperidine rings is 1. The monoisotopic (exact) mass is 476 g/mol. The lowest BCUT2D eigenvalue weighted by Gasteiger charge is -2.32. The number of Topliss-reactive ketones (excluding diaryl/α,β-unsaturated/α-hetero) is 1. The molecule has 0 bridgehead atoms. The number of carbonyl (C=O) groups excluding carboxylic acids is 2. The van der Waals surface area contributed by atoms with E-state index in [2.05, 4.69) is 5.32 Å². The van der Waals surface area contributed by atoms with Crippen LogP contribution in [0.1, 0.15) is 48.1 Å². The normalized spacial score (nSPS) is 19.9. The Hall–Kier alpha value is -2.23. The molecular formula is C23H25FN2O4S2. The standard InChI is InChI=1S/C23H25FN2O4S2/c1-15(27)17-3-2-4-19(13-17)32(29,30)26-10-7-16(8-11-26)23(28)25-21-9-12-31-22-6-5-18(24)14-20(21)22/h2-6,13-14,16,21H,7-12H2,1H3,(H,25,28)/t21-/m1/s1. The van der Waals surface area contributed by atoms with E-state index in [1.807, 2.05) is 0 Å². The zero-order valence-corrected chi connectivity index (χ0v) is 19.3. The summed E-state index contributed by atoms with van der Waals surface area (Å²) in [5.74, 6) is -0.0817. The number of nitrogens with zero attached hydrogens (tertiary/aromatic N) is 1. The molecule has 4 rings (SSSR count). The molecule has 0 unspecified atom stereocenters. The first-order valence-corrected chi connectivity index (χ1v) is 13.0. The van der Waals surface area contributed by atoms with E-state index in [0.717, 1.165) is 22.6 Å². The lowest BCUT2D eigenvalue weighted by molar-refractivity contribution is -0.127. The Bertz CT molecular complexity index is 1140. The van der Waals surface area contributed by atoms with E-state index >= 15 is 0 Å². The van der Waals surface area contributed by atoms with Crippen molar-refractivity contribution in [2.75, 3.05) is 18.8 Å². The van der Waals surface area contributed by atoms with Gasteiger partial charge in [0.1, 0.15) is 5.82 Å². The Morgan fingerprint density at radius 1 is 1.09 bits per heavy atom. The second kappa shape index (κ2) is 9.33. The van der Waals surface area contributed by atoms with Gasteiger partial charge in [-0.15, -0.1) is 11.8 Å². The number of nitrogens with one attached hydrogen (secondary N) is 1. The van der Waals surface area contributed by atoms with Gasteiger partial charge in [0, 0.05) is 35.2 Å². The van der Waals surface area contributed by atoms with Crippen LogP contribution < -0.4 is 5.32 Å². The number of carbonyl (C=O) groups is 2. The van der Waals surface area contributed by atoms with Crippen LogP contribution in [0.25, 0.3) is 0 Å². The average molecular weight is 477 g/mol. The molecule has 0 aliphatic carbocycles. The van der Waals surface area contributed by atoms with Gasteiger partial charge in [-0.3, -0.25) is 9.59 Å². The minimum atomic E-state index is -3.73. The van der Waals surface area contributed by atoms with Crippen LogP contribution in [-0.2, 0) is 14.8 Å². The van der Waals surface area contributed by atoms with Crippen molar-refractivity contribution < 1.29 is 22.4 Å². The first-order chi connectivity index (χ1) is 15.3. The van der Waals surface area contributed by atoms with Gasteiger partial charge in [-0.2, -0.15) is 4.31 Å². The number of rotatable bonds is 5. The predicted molar refractivity (Wildman–Crippen MR) is 121 cm³/mol. The fourth-order valence-corrected chi connectivity index (χ4v) is 6.81. The quantitative estimate of drug-likeness (QED) is 0.664. The molecule has 0 spiro atoms. The molecule has 6 nitrogen and oxygen atoms in total. The van der Waals surface area contributed by atoms with E-state index in [1.165, 1.54) is 35.5 Å². The zero-order chi connectivity index (χ0) is 22.9. The Morgan fingerprint density at radius 2 is 1.84 bits per heavy atom. The van der Waals surface area contributed by atoms with Crippen LogP contribution in [0.5, 0.6) is 0 Å². The third-order valence-corrected chi connectivity index (χ3v) is 9.05. The van der Waals surface area contributed by atoms with Crippen molar-refractivity contribution >= 4 is 33.5 Å². The molecule has 2 aromatic carbocycles. The summed E-state index contributed by atoms with van der Waals surface area (Å²) < 4.78 is 41.1. The molecule has 170 valence electrons. The molecule has 32 heavy (non-hydrogen) atoms. The van der Waals surface area contributed by atoms with Gasteiger partial charge in [0.25, 0.3) is 0 Å². The lowest BCUT2D eigenvalue weighted by atomic mass is 9.95. The van der Waals surface area contributed by atoms with Crippen LogP contribution in [0, 0.1) is 11.7 Å². The third-order valence-electron chi connectivity index (χ3n) is 6.03. The molecule has 0 saturated carbocycles. The largest absolute Gasteiger partial charge is 0.349 e. The van der Waals surface area contributed by atoms with Gasteiger partial charge < -0.3 is 5.32 Å². The Morgan fingerprint density at radius 3 is 2.56 bits per heavy atom. The van der Waals surface area contributed by atoms with Crippen molar-refractivity contribution in [1.82, 2.24) is 9.62 Å². The van der Waals surface area contributed by atoms with Crippen LogP contribution >= 0.6 is 11.8 Å². The molecule has 2 aliphatic heterocycles. The molecule has 1 fully saturated rings. The van der Waals surface area contributed by atoms with Gasteiger partial charge >= 0.3 is 0 Å². The van der Waals surface area contributed by atoms with Crippen molar-refractivity contribution in [3.63, 3.8) is 0 Å². The third kappa shape index (κ3) is 4.74. The number of sulfonamides is 1. The minimum Gasteiger partial charge on any atom is -0.349 e. The van der Waals surface area contributed by atoms with Crippen molar-refractivity contribution in [1.29, 1.82) is 0 Å². The number of fused-ring (bicyclic) bond motifs is 1. The molecule has 1 saturated heterocycles. The highest BCUT2D eigenvalue weighted by molar-refractivity contribution is 7.99. The minimum absolute atomic E-state index is 0.0893. The summed E-state index contributed by atoms with van der Waals surface area (Å²) in [6.45, 7) is 1.86. The predicted octanol–water partition coefficient (Wildman–Crippen LogP) is 3.78. The number of halogens is 1. The van der Waals surface area contributed by atoms with Crippen LogP contribution in [0.4, 0.5) is 4.39 Å². The van der Waals surface area contributed by atoms with Crippen LogP contribution in [0.3, 0.4) is 0 Å². The molecule has 2 aliphatic rings. The molecule has 0 aromatic heterocycles. The Balaban J connectivity index is 1.40. The van der Waals surface area contributed by atoms with Gasteiger partial charge in [-0.1, -0.05) is 12.1 Å². The van der Waals surface area contributed by atoms with Crippen molar-refractivity contribution in [2.24, 2.45) is 5.92 Å². The first-order valence-electron chi connectivity index (χ1n) is 10.6. The lowest BCUT2D eigenvalue weighted by Crippen LogP contribution is -2.44. The molecule has 1 N–H and O–H groups in total. The molecule has 9 heteroatoms. The average Bonchev–Trinajstić information content (AvgIpc) is 2.79. The zero-order valence-electron chi connectivity index (χ0n) is 17.7. The second-order valence-electron chi connectivity index (χ2n) is 8.14. The molecular weight excluding hydrogens is 451 g/mol. The number of thioether (sulfide) groups is 1. The van der Waals surface area contributed by atoms with E-state index in [-0.39, 0.29) is 47.5 Å². The van der Waals surface area contributed by atoms with E-state index in [4.69, 9.17) is 0 Å². The van der Waals surface area contributed by atoms with Crippen LogP contribution in [-0.4, -0.2) is 43.3 Å².